The lowest BCUT2D eigenvalue weighted by atomic mass is 10.1. The van der Waals surface area contributed by atoms with E-state index in [1.165, 1.54) is 13.3 Å². The van der Waals surface area contributed by atoms with E-state index in [9.17, 15) is 4.79 Å². The van der Waals surface area contributed by atoms with Crippen molar-refractivity contribution in [1.29, 1.82) is 0 Å². The lowest BCUT2D eigenvalue weighted by molar-refractivity contribution is 0.101. The summed E-state index contributed by atoms with van der Waals surface area (Å²) in [6, 6.07) is 14.7. The number of carbonyl (C=O) groups is 1. The van der Waals surface area contributed by atoms with Crippen LogP contribution in [0.3, 0.4) is 0 Å². The van der Waals surface area contributed by atoms with Crippen molar-refractivity contribution in [1.82, 2.24) is 9.97 Å². The highest BCUT2D eigenvalue weighted by molar-refractivity contribution is 5.94. The summed E-state index contributed by atoms with van der Waals surface area (Å²) in [5.41, 5.74) is 8.79. The summed E-state index contributed by atoms with van der Waals surface area (Å²) in [5, 5.41) is 6.34. The van der Waals surface area contributed by atoms with Gasteiger partial charge in [0.05, 0.1) is 12.3 Å². The van der Waals surface area contributed by atoms with Crippen LogP contribution in [0.25, 0.3) is 0 Å². The molecule has 7 heteroatoms. The summed E-state index contributed by atoms with van der Waals surface area (Å²) in [6.45, 7) is 4.01. The summed E-state index contributed by atoms with van der Waals surface area (Å²) < 4.78 is 5.62. The molecule has 0 spiro atoms. The minimum absolute atomic E-state index is 0.0162. The summed E-state index contributed by atoms with van der Waals surface area (Å²) in [7, 11) is 0. The number of nitrogens with zero attached hydrogens (tertiary/aromatic N) is 2. The standard InChI is InChI=1S/C20H21N5O2/c1-3-27-17-7-5-4-6-16(17)25-20-18(21)19(22-12-23-20)24-15-10-8-14(9-11-15)13(2)26/h4-12H,3,21H2,1-2H3,(H2,22,23,24,25). The lowest BCUT2D eigenvalue weighted by Gasteiger charge is -2.15. The number of benzene rings is 2. The highest BCUT2D eigenvalue weighted by Crippen LogP contribution is 2.32. The zero-order chi connectivity index (χ0) is 19.2. The number of nitrogens with one attached hydrogen (secondary N) is 2. The molecule has 2 aromatic carbocycles. The van der Waals surface area contributed by atoms with Gasteiger partial charge in [0.1, 0.15) is 17.8 Å². The van der Waals surface area contributed by atoms with Gasteiger partial charge in [-0.05, 0) is 50.2 Å². The lowest BCUT2D eigenvalue weighted by Crippen LogP contribution is -2.06. The maximum Gasteiger partial charge on any atom is 0.159 e. The number of ketones is 1. The first kappa shape index (κ1) is 18.2. The van der Waals surface area contributed by atoms with Crippen LogP contribution in [0.15, 0.2) is 54.9 Å². The van der Waals surface area contributed by atoms with Gasteiger partial charge < -0.3 is 21.1 Å². The molecular formula is C20H21N5O2. The Bertz CT molecular complexity index is 941. The second kappa shape index (κ2) is 8.18. The zero-order valence-electron chi connectivity index (χ0n) is 15.2. The number of ether oxygens (including phenoxy) is 1. The van der Waals surface area contributed by atoms with Gasteiger partial charge >= 0.3 is 0 Å². The monoisotopic (exact) mass is 363 g/mol. The van der Waals surface area contributed by atoms with E-state index >= 15 is 0 Å². The van der Waals surface area contributed by atoms with E-state index in [1.807, 2.05) is 31.2 Å². The van der Waals surface area contributed by atoms with Crippen molar-refractivity contribution in [2.75, 3.05) is 23.0 Å². The molecule has 0 saturated heterocycles. The van der Waals surface area contributed by atoms with Crippen LogP contribution >= 0.6 is 0 Å². The number of nitrogens with two attached hydrogens (primary N) is 1. The van der Waals surface area contributed by atoms with Crippen LogP contribution < -0.4 is 21.1 Å². The Balaban J connectivity index is 1.83. The molecule has 0 aliphatic carbocycles. The molecule has 0 saturated carbocycles. The number of hydrogen-bond acceptors (Lipinski definition) is 7. The SMILES string of the molecule is CCOc1ccccc1Nc1ncnc(Nc2ccc(C(C)=O)cc2)c1N. The predicted octanol–water partition coefficient (Wildman–Crippen LogP) is 4.15. The Morgan fingerprint density at radius 3 is 2.37 bits per heavy atom. The van der Waals surface area contributed by atoms with Crippen molar-refractivity contribution in [3.8, 4) is 5.75 Å². The van der Waals surface area contributed by atoms with Crippen molar-refractivity contribution < 1.29 is 9.53 Å². The van der Waals surface area contributed by atoms with Crippen LogP contribution in [0.4, 0.5) is 28.7 Å². The third kappa shape index (κ3) is 4.33. The van der Waals surface area contributed by atoms with Gasteiger partial charge in [-0.2, -0.15) is 0 Å². The van der Waals surface area contributed by atoms with Gasteiger partial charge in [-0.15, -0.1) is 0 Å². The molecule has 3 aromatic rings. The largest absolute Gasteiger partial charge is 0.492 e. The average molecular weight is 363 g/mol. The molecule has 7 nitrogen and oxygen atoms in total. The summed E-state index contributed by atoms with van der Waals surface area (Å²) >= 11 is 0. The van der Waals surface area contributed by atoms with Crippen molar-refractivity contribution in [3.63, 3.8) is 0 Å². The number of aromatic nitrogens is 2. The second-order valence-corrected chi connectivity index (χ2v) is 5.80. The maximum atomic E-state index is 11.4. The first-order valence-corrected chi connectivity index (χ1v) is 8.56. The summed E-state index contributed by atoms with van der Waals surface area (Å²) in [4.78, 5) is 19.8. The van der Waals surface area contributed by atoms with Crippen LogP contribution in [0.5, 0.6) is 5.75 Å². The molecule has 0 unspecified atom stereocenters. The fraction of sp³-hybridized carbons (Fsp3) is 0.150. The number of carbonyl (C=O) groups excluding carboxylic acids is 1. The van der Waals surface area contributed by atoms with E-state index in [2.05, 4.69) is 20.6 Å². The molecule has 1 heterocycles. The Kier molecular flexibility index (Phi) is 5.51. The van der Waals surface area contributed by atoms with Crippen LogP contribution in [0.1, 0.15) is 24.2 Å². The first-order valence-electron chi connectivity index (χ1n) is 8.56. The van der Waals surface area contributed by atoms with Crippen LogP contribution in [-0.2, 0) is 0 Å². The topological polar surface area (TPSA) is 102 Å². The van der Waals surface area contributed by atoms with Gasteiger partial charge in [0.15, 0.2) is 17.4 Å². The summed E-state index contributed by atoms with van der Waals surface area (Å²) in [6.07, 6.45) is 1.42. The number of nitrogen functional groups attached to an aromatic ring is 1. The molecule has 0 atom stereocenters. The van der Waals surface area contributed by atoms with Gasteiger partial charge in [-0.25, -0.2) is 9.97 Å². The van der Waals surface area contributed by atoms with E-state index in [4.69, 9.17) is 10.5 Å². The van der Waals surface area contributed by atoms with Gasteiger partial charge in [0, 0.05) is 11.3 Å². The predicted molar refractivity (Wildman–Crippen MR) is 107 cm³/mol. The quantitative estimate of drug-likeness (QED) is 0.542. The van der Waals surface area contributed by atoms with E-state index < -0.39 is 0 Å². The van der Waals surface area contributed by atoms with E-state index in [0.717, 1.165) is 11.4 Å². The Morgan fingerprint density at radius 1 is 1.04 bits per heavy atom. The minimum Gasteiger partial charge on any atom is -0.492 e. The number of rotatable bonds is 7. The minimum atomic E-state index is 0.0162. The third-order valence-corrected chi connectivity index (χ3v) is 3.88. The molecule has 1 aromatic heterocycles. The molecule has 4 N–H and O–H groups in total. The van der Waals surface area contributed by atoms with Crippen LogP contribution in [0.2, 0.25) is 0 Å². The number of hydrogen-bond donors (Lipinski definition) is 3. The Morgan fingerprint density at radius 2 is 1.70 bits per heavy atom. The fourth-order valence-corrected chi connectivity index (χ4v) is 2.50. The highest BCUT2D eigenvalue weighted by atomic mass is 16.5. The third-order valence-electron chi connectivity index (χ3n) is 3.88. The molecule has 0 radical (unpaired) electrons. The van der Waals surface area contributed by atoms with Crippen molar-refractivity contribution in [2.45, 2.75) is 13.8 Å². The van der Waals surface area contributed by atoms with Crippen molar-refractivity contribution in [3.05, 3.63) is 60.4 Å². The average Bonchev–Trinajstić information content (AvgIpc) is 2.67. The molecule has 138 valence electrons. The normalized spacial score (nSPS) is 10.3. The number of para-hydroxylation sites is 2. The number of anilines is 5. The van der Waals surface area contributed by atoms with E-state index in [1.54, 1.807) is 24.3 Å². The molecule has 27 heavy (non-hydrogen) atoms. The number of Topliss-reactive ketones (excluding diaryl/α,β-unsaturated/α-hetero) is 1. The van der Waals surface area contributed by atoms with Gasteiger partial charge in [0.2, 0.25) is 0 Å². The highest BCUT2D eigenvalue weighted by Gasteiger charge is 2.11. The molecule has 3 rings (SSSR count). The maximum absolute atomic E-state index is 11.4. The molecule has 0 fully saturated rings. The molecule has 0 amide bonds. The Labute approximate surface area is 157 Å². The first-order chi connectivity index (χ1) is 13.1. The van der Waals surface area contributed by atoms with Gasteiger partial charge in [-0.1, -0.05) is 12.1 Å². The van der Waals surface area contributed by atoms with Crippen LogP contribution in [0, 0.1) is 0 Å². The van der Waals surface area contributed by atoms with E-state index in [0.29, 0.717) is 35.2 Å². The van der Waals surface area contributed by atoms with E-state index in [-0.39, 0.29) is 5.78 Å². The fourth-order valence-electron chi connectivity index (χ4n) is 2.50. The van der Waals surface area contributed by atoms with Gasteiger partial charge in [0.25, 0.3) is 0 Å². The summed E-state index contributed by atoms with van der Waals surface area (Å²) in [5.74, 6) is 1.67. The van der Waals surface area contributed by atoms with Crippen molar-refractivity contribution >= 4 is 34.5 Å². The Hall–Kier alpha value is -3.61. The van der Waals surface area contributed by atoms with Gasteiger partial charge in [-0.3, -0.25) is 4.79 Å². The van der Waals surface area contributed by atoms with Crippen molar-refractivity contribution in [2.24, 2.45) is 0 Å². The molecule has 0 aliphatic heterocycles. The zero-order valence-corrected chi connectivity index (χ0v) is 15.2. The second-order valence-electron chi connectivity index (χ2n) is 5.80. The smallest absolute Gasteiger partial charge is 0.159 e. The molecule has 0 aliphatic rings. The molecular weight excluding hydrogens is 342 g/mol. The molecule has 0 bridgehead atoms. The van der Waals surface area contributed by atoms with Crippen LogP contribution in [-0.4, -0.2) is 22.4 Å².